The number of rotatable bonds is 3. The van der Waals surface area contributed by atoms with Gasteiger partial charge in [0.25, 0.3) is 0 Å². The normalized spacial score (nSPS) is 9.38. The molecular formula is C24H24Ar2B2F4. The standard InChI is InChI=1S/C20H12B2F4.2C2H6.2Ar/c23-21(24)17-11-9-13-5-1-3-7-15(13)19(17)20-16-8-4-2-6-14(16)10-12-18(20)22(25)26;2*1-2;;/h1-12H;2*1-2H3;;. The van der Waals surface area contributed by atoms with Crippen molar-refractivity contribution in [3.63, 3.8) is 0 Å². The molecule has 0 bridgehead atoms. The van der Waals surface area contributed by atoms with Crippen molar-refractivity contribution in [2.75, 3.05) is 0 Å². The van der Waals surface area contributed by atoms with Crippen molar-refractivity contribution < 1.29 is 92.7 Å². The zero-order valence-corrected chi connectivity index (χ0v) is 19.7. The van der Waals surface area contributed by atoms with E-state index in [9.17, 15) is 17.3 Å². The van der Waals surface area contributed by atoms with Crippen LogP contribution in [-0.4, -0.2) is 14.5 Å². The topological polar surface area (TPSA) is 0 Å². The Bertz CT molecular complexity index is 1030. The van der Waals surface area contributed by atoms with Crippen LogP contribution in [0.5, 0.6) is 0 Å². The molecule has 4 aromatic rings. The third-order valence-electron chi connectivity index (χ3n) is 4.64. The molecule has 0 atom stereocenters. The van der Waals surface area contributed by atoms with Crippen LogP contribution in [0.1, 0.15) is 27.7 Å². The maximum atomic E-state index is 13.8. The Kier molecular flexibility index (Phi) is 15.5. The Morgan fingerprint density at radius 3 is 1.09 bits per heavy atom. The number of hydrogen-bond acceptors (Lipinski definition) is 0. The van der Waals surface area contributed by atoms with Gasteiger partial charge in [0.15, 0.2) is 0 Å². The second kappa shape index (κ2) is 15.6. The summed E-state index contributed by atoms with van der Waals surface area (Å²) in [4.78, 5) is 0. The van der Waals surface area contributed by atoms with Gasteiger partial charge < -0.3 is 0 Å². The molecule has 32 heavy (non-hydrogen) atoms. The number of fused-ring (bicyclic) bond motifs is 2. The van der Waals surface area contributed by atoms with Gasteiger partial charge in [-0.3, -0.25) is 17.3 Å². The molecule has 8 heteroatoms. The zero-order chi connectivity index (χ0) is 22.3. The second-order valence-corrected chi connectivity index (χ2v) is 6.10. The minimum absolute atomic E-state index is 0. The first-order chi connectivity index (χ1) is 14.6. The molecule has 0 aliphatic heterocycles. The van der Waals surface area contributed by atoms with Crippen LogP contribution in [0.2, 0.25) is 0 Å². The van der Waals surface area contributed by atoms with E-state index < -0.39 is 14.5 Å². The van der Waals surface area contributed by atoms with Crippen LogP contribution in [-0.2, 0) is 0 Å². The van der Waals surface area contributed by atoms with Gasteiger partial charge in [0.2, 0.25) is 0 Å². The van der Waals surface area contributed by atoms with Crippen LogP contribution in [0.25, 0.3) is 32.7 Å². The predicted octanol–water partition coefficient (Wildman–Crippen LogP) is 6.98. The van der Waals surface area contributed by atoms with Gasteiger partial charge in [-0.1, -0.05) is 100 Å². The summed E-state index contributed by atoms with van der Waals surface area (Å²) < 4.78 is 55.1. The van der Waals surface area contributed by atoms with Crippen molar-refractivity contribution in [2.24, 2.45) is 0 Å². The van der Waals surface area contributed by atoms with E-state index in [0.717, 1.165) is 10.8 Å². The van der Waals surface area contributed by atoms with Crippen LogP contribution >= 0.6 is 0 Å². The predicted molar refractivity (Wildman–Crippen MR) is 125 cm³/mol. The van der Waals surface area contributed by atoms with Gasteiger partial charge in [-0.15, -0.1) is 0 Å². The number of benzene rings is 4. The maximum absolute atomic E-state index is 13.8. The summed E-state index contributed by atoms with van der Waals surface area (Å²) in [6.07, 6.45) is 0. The van der Waals surface area contributed by atoms with E-state index >= 15 is 0 Å². The van der Waals surface area contributed by atoms with E-state index in [1.165, 1.54) is 12.1 Å². The molecule has 0 nitrogen and oxygen atoms in total. The first-order valence-electron chi connectivity index (χ1n) is 10.2. The van der Waals surface area contributed by atoms with Crippen LogP contribution in [0.3, 0.4) is 0 Å². The molecule has 0 N–H and O–H groups in total. The molecule has 4 aromatic carbocycles. The molecule has 4 rings (SSSR count). The second-order valence-electron chi connectivity index (χ2n) is 6.10. The van der Waals surface area contributed by atoms with Crippen molar-refractivity contribution in [1.29, 1.82) is 0 Å². The molecule has 0 heterocycles. The molecule has 170 valence electrons. The van der Waals surface area contributed by atoms with Crippen molar-refractivity contribution in [2.45, 2.75) is 27.7 Å². The van der Waals surface area contributed by atoms with E-state index in [-0.39, 0.29) is 97.5 Å². The van der Waals surface area contributed by atoms with Gasteiger partial charge in [-0.2, -0.15) is 0 Å². The van der Waals surface area contributed by atoms with Gasteiger partial charge in [-0.05, 0) is 43.6 Å². The summed E-state index contributed by atoms with van der Waals surface area (Å²) in [6.45, 7) is 8.00. The first-order valence-corrected chi connectivity index (χ1v) is 10.2. The van der Waals surface area contributed by atoms with Crippen LogP contribution in [0.15, 0.2) is 72.8 Å². The van der Waals surface area contributed by atoms with Crippen LogP contribution in [0, 0.1) is 75.5 Å². The summed E-state index contributed by atoms with van der Waals surface area (Å²) in [6, 6.07) is 19.9. The largest absolute Gasteiger partial charge is 0.572 e. The Morgan fingerprint density at radius 1 is 0.469 bits per heavy atom. The Balaban J connectivity index is 0.00000152. The van der Waals surface area contributed by atoms with Gasteiger partial charge in [0, 0.05) is 75.5 Å². The molecule has 0 aliphatic rings. The molecule has 0 saturated heterocycles. The summed E-state index contributed by atoms with van der Waals surface area (Å²) in [5.74, 6) is 0. The molecule has 0 unspecified atom stereocenters. The number of hydrogen-bond donors (Lipinski definition) is 0. The third kappa shape index (κ3) is 6.90. The fraction of sp³-hybridized carbons (Fsp3) is 0.167. The van der Waals surface area contributed by atoms with E-state index in [0.29, 0.717) is 10.8 Å². The van der Waals surface area contributed by atoms with Gasteiger partial charge in [0.05, 0.1) is 0 Å². The Morgan fingerprint density at radius 2 is 0.781 bits per heavy atom. The molecule has 0 amide bonds. The maximum Gasteiger partial charge on any atom is 0.572 e. The van der Waals surface area contributed by atoms with Gasteiger partial charge in [0.1, 0.15) is 0 Å². The summed E-state index contributed by atoms with van der Waals surface area (Å²) >= 11 is 0. The molecule has 0 fully saturated rings. The summed E-state index contributed by atoms with van der Waals surface area (Å²) in [5.41, 5.74) is -0.0979. The Labute approximate surface area is 248 Å². The fourth-order valence-corrected chi connectivity index (χ4v) is 3.50. The van der Waals surface area contributed by atoms with E-state index in [1.807, 2.05) is 27.7 Å². The minimum Gasteiger partial charge on any atom is -0.281 e. The SMILES string of the molecule is CC.CC.FB(F)c1ccc2ccccc2c1-c1c(B(F)F)ccc2ccccc12.[Ar].[Ar]. The van der Waals surface area contributed by atoms with Crippen molar-refractivity contribution in [3.05, 3.63) is 72.8 Å². The van der Waals surface area contributed by atoms with Crippen molar-refractivity contribution in [1.82, 2.24) is 0 Å². The Hall–Kier alpha value is -0.231. The van der Waals surface area contributed by atoms with E-state index in [4.69, 9.17) is 0 Å². The average Bonchev–Trinajstić information content (AvgIpc) is 2.80. The molecule has 0 aliphatic carbocycles. The van der Waals surface area contributed by atoms with Crippen LogP contribution < -0.4 is 10.9 Å². The third-order valence-corrected chi connectivity index (χ3v) is 4.64. The first kappa shape index (κ1) is 31.8. The molecule has 0 spiro atoms. The quantitative estimate of drug-likeness (QED) is 0.215. The summed E-state index contributed by atoms with van der Waals surface area (Å²) in [5, 5.41) is 2.56. The van der Waals surface area contributed by atoms with Crippen molar-refractivity contribution >= 4 is 47.0 Å². The number of halogens is 4. The molecular weight excluding hydrogens is 466 g/mol. The minimum atomic E-state index is -2.76. The van der Waals surface area contributed by atoms with Crippen LogP contribution in [0.4, 0.5) is 17.3 Å². The smallest absolute Gasteiger partial charge is 0.281 e. The monoisotopic (exact) mass is 490 g/mol. The molecule has 0 saturated carbocycles. The van der Waals surface area contributed by atoms with E-state index in [2.05, 4.69) is 0 Å². The summed E-state index contributed by atoms with van der Waals surface area (Å²) in [7, 11) is -5.53. The van der Waals surface area contributed by atoms with Gasteiger partial charge in [-0.25, -0.2) is 0 Å². The van der Waals surface area contributed by atoms with E-state index in [1.54, 1.807) is 60.7 Å². The average molecular weight is 490 g/mol. The van der Waals surface area contributed by atoms with Crippen molar-refractivity contribution in [3.8, 4) is 11.1 Å². The zero-order valence-electron chi connectivity index (χ0n) is 18.3. The fourth-order valence-electron chi connectivity index (χ4n) is 3.50. The van der Waals surface area contributed by atoms with Gasteiger partial charge >= 0.3 is 14.5 Å². The molecule has 0 aromatic heterocycles. The molecule has 0 radical (unpaired) electrons.